The van der Waals surface area contributed by atoms with Crippen LogP contribution in [0.3, 0.4) is 0 Å². The molecule has 3 heteroatoms. The molecule has 1 aromatic heterocycles. The maximum absolute atomic E-state index is 12.7. The van der Waals surface area contributed by atoms with Gasteiger partial charge in [-0.2, -0.15) is 0 Å². The first-order chi connectivity index (χ1) is 10.1. The number of alkyl halides is 1. The molecule has 3 rings (SSSR count). The minimum absolute atomic E-state index is 0.116. The summed E-state index contributed by atoms with van der Waals surface area (Å²) < 4.78 is 2.10. The molecule has 0 bridgehead atoms. The van der Waals surface area contributed by atoms with Gasteiger partial charge in [-0.25, -0.2) is 0 Å². The predicted octanol–water partition coefficient (Wildman–Crippen LogP) is 4.81. The minimum Gasteiger partial charge on any atom is -0.343 e. The van der Waals surface area contributed by atoms with E-state index in [1.807, 2.05) is 62.5 Å². The highest BCUT2D eigenvalue weighted by Gasteiger charge is 2.24. The van der Waals surface area contributed by atoms with E-state index in [1.54, 1.807) is 0 Å². The normalized spacial score (nSPS) is 12.5. The van der Waals surface area contributed by atoms with Crippen molar-refractivity contribution in [2.75, 3.05) is 0 Å². The van der Waals surface area contributed by atoms with E-state index < -0.39 is 0 Å². The molecule has 0 aliphatic rings. The van der Waals surface area contributed by atoms with Crippen LogP contribution in [-0.4, -0.2) is 15.2 Å². The Morgan fingerprint density at radius 1 is 1.05 bits per heavy atom. The molecule has 1 atom stereocenters. The van der Waals surface area contributed by atoms with E-state index in [1.165, 1.54) is 0 Å². The van der Waals surface area contributed by atoms with E-state index in [-0.39, 0.29) is 10.6 Å². The minimum atomic E-state index is -0.203. The van der Waals surface area contributed by atoms with Crippen LogP contribution in [-0.2, 0) is 7.05 Å². The van der Waals surface area contributed by atoms with E-state index >= 15 is 0 Å². The fourth-order valence-electron chi connectivity index (χ4n) is 2.78. The third-order valence-electron chi connectivity index (χ3n) is 3.76. The van der Waals surface area contributed by atoms with Crippen molar-refractivity contribution in [2.24, 2.45) is 7.05 Å². The standard InChI is InChI=1S/C18H16BrNO/c1-12(19)18(21)16-14-10-6-7-11-15(14)20(2)17(16)13-8-4-3-5-9-13/h3-12H,1-2H3. The molecule has 0 aliphatic carbocycles. The van der Waals surface area contributed by atoms with E-state index in [9.17, 15) is 4.79 Å². The number of benzene rings is 2. The van der Waals surface area contributed by atoms with Crippen molar-refractivity contribution in [3.05, 3.63) is 60.2 Å². The second kappa shape index (κ2) is 5.49. The summed E-state index contributed by atoms with van der Waals surface area (Å²) in [4.78, 5) is 12.5. The molecule has 21 heavy (non-hydrogen) atoms. The summed E-state index contributed by atoms with van der Waals surface area (Å²) in [6, 6.07) is 18.1. The Labute approximate surface area is 132 Å². The van der Waals surface area contributed by atoms with Gasteiger partial charge in [0.05, 0.1) is 16.1 Å². The van der Waals surface area contributed by atoms with Crippen molar-refractivity contribution in [2.45, 2.75) is 11.8 Å². The maximum Gasteiger partial charge on any atom is 0.178 e. The number of aryl methyl sites for hydroxylation is 1. The number of aromatic nitrogens is 1. The number of hydrogen-bond acceptors (Lipinski definition) is 1. The summed E-state index contributed by atoms with van der Waals surface area (Å²) in [7, 11) is 2.01. The van der Waals surface area contributed by atoms with Crippen LogP contribution in [0.15, 0.2) is 54.6 Å². The van der Waals surface area contributed by atoms with Gasteiger partial charge in [-0.3, -0.25) is 4.79 Å². The Bertz CT molecular complexity index is 803. The van der Waals surface area contributed by atoms with E-state index in [0.29, 0.717) is 0 Å². The fourth-order valence-corrected chi connectivity index (χ4v) is 3.00. The summed E-state index contributed by atoms with van der Waals surface area (Å²) in [5.74, 6) is 0.116. The van der Waals surface area contributed by atoms with Crippen LogP contribution in [0.25, 0.3) is 22.2 Å². The zero-order valence-corrected chi connectivity index (χ0v) is 13.6. The SMILES string of the molecule is CC(Br)C(=O)c1c(-c2ccccc2)n(C)c2ccccc12. The Kier molecular flexibility index (Phi) is 3.68. The second-order valence-corrected chi connectivity index (χ2v) is 6.52. The predicted molar refractivity (Wildman–Crippen MR) is 91.1 cm³/mol. The number of nitrogens with zero attached hydrogens (tertiary/aromatic N) is 1. The van der Waals surface area contributed by atoms with Gasteiger partial charge in [0.15, 0.2) is 5.78 Å². The van der Waals surface area contributed by atoms with Crippen molar-refractivity contribution < 1.29 is 4.79 Å². The van der Waals surface area contributed by atoms with E-state index in [4.69, 9.17) is 0 Å². The van der Waals surface area contributed by atoms with Gasteiger partial charge in [-0.05, 0) is 18.6 Å². The largest absolute Gasteiger partial charge is 0.343 e. The van der Waals surface area contributed by atoms with Gasteiger partial charge in [0.1, 0.15) is 0 Å². The van der Waals surface area contributed by atoms with Gasteiger partial charge < -0.3 is 4.57 Å². The van der Waals surface area contributed by atoms with Crippen LogP contribution in [0.4, 0.5) is 0 Å². The smallest absolute Gasteiger partial charge is 0.178 e. The van der Waals surface area contributed by atoms with Crippen molar-refractivity contribution in [3.8, 4) is 11.3 Å². The highest BCUT2D eigenvalue weighted by atomic mass is 79.9. The van der Waals surface area contributed by atoms with Crippen molar-refractivity contribution in [1.29, 1.82) is 0 Å². The number of fused-ring (bicyclic) bond motifs is 1. The third kappa shape index (κ3) is 2.32. The summed E-state index contributed by atoms with van der Waals surface area (Å²) >= 11 is 3.42. The maximum atomic E-state index is 12.7. The number of ketones is 1. The van der Waals surface area contributed by atoms with Crippen LogP contribution in [0.1, 0.15) is 17.3 Å². The second-order valence-electron chi connectivity index (χ2n) is 5.15. The van der Waals surface area contributed by atoms with E-state index in [0.717, 1.165) is 27.7 Å². The Balaban J connectivity index is 2.40. The van der Waals surface area contributed by atoms with Crippen LogP contribution < -0.4 is 0 Å². The van der Waals surface area contributed by atoms with Crippen LogP contribution in [0, 0.1) is 0 Å². The number of Topliss-reactive ketones (excluding diaryl/α,β-unsaturated/α-hetero) is 1. The van der Waals surface area contributed by atoms with Crippen LogP contribution in [0.5, 0.6) is 0 Å². The van der Waals surface area contributed by atoms with Gasteiger partial charge in [0.2, 0.25) is 0 Å². The summed E-state index contributed by atoms with van der Waals surface area (Å²) in [6.07, 6.45) is 0. The van der Waals surface area contributed by atoms with Crippen LogP contribution in [0.2, 0.25) is 0 Å². The van der Waals surface area contributed by atoms with Crippen molar-refractivity contribution >= 4 is 32.6 Å². The van der Waals surface area contributed by atoms with Gasteiger partial charge in [0, 0.05) is 18.0 Å². The fraction of sp³-hybridized carbons (Fsp3) is 0.167. The monoisotopic (exact) mass is 341 g/mol. The average molecular weight is 342 g/mol. The first-order valence-electron chi connectivity index (χ1n) is 6.92. The number of rotatable bonds is 3. The Morgan fingerprint density at radius 3 is 2.33 bits per heavy atom. The first-order valence-corrected chi connectivity index (χ1v) is 7.84. The molecule has 1 unspecified atom stereocenters. The summed E-state index contributed by atoms with van der Waals surface area (Å²) in [5.41, 5.74) is 3.91. The number of carbonyl (C=O) groups is 1. The van der Waals surface area contributed by atoms with Gasteiger partial charge in [0.25, 0.3) is 0 Å². The molecule has 0 saturated carbocycles. The average Bonchev–Trinajstić information content (AvgIpc) is 2.81. The molecule has 0 N–H and O–H groups in total. The summed E-state index contributed by atoms with van der Waals surface area (Å²) in [6.45, 7) is 1.87. The Morgan fingerprint density at radius 2 is 1.67 bits per heavy atom. The topological polar surface area (TPSA) is 22.0 Å². The lowest BCUT2D eigenvalue weighted by molar-refractivity contribution is 0.0998. The lowest BCUT2D eigenvalue weighted by Crippen LogP contribution is -2.11. The molecule has 0 fully saturated rings. The molecule has 3 aromatic rings. The number of para-hydroxylation sites is 1. The number of halogens is 1. The highest BCUT2D eigenvalue weighted by Crippen LogP contribution is 2.34. The van der Waals surface area contributed by atoms with Crippen molar-refractivity contribution in [1.82, 2.24) is 4.57 Å². The molecule has 0 aliphatic heterocycles. The third-order valence-corrected chi connectivity index (χ3v) is 4.18. The van der Waals surface area contributed by atoms with Crippen molar-refractivity contribution in [3.63, 3.8) is 0 Å². The molecule has 2 aromatic carbocycles. The molecular formula is C18H16BrNO. The zero-order valence-electron chi connectivity index (χ0n) is 12.0. The van der Waals surface area contributed by atoms with Crippen LogP contribution >= 0.6 is 15.9 Å². The first kappa shape index (κ1) is 14.1. The zero-order chi connectivity index (χ0) is 15.0. The lowest BCUT2D eigenvalue weighted by Gasteiger charge is -2.09. The molecular weight excluding hydrogens is 326 g/mol. The van der Waals surface area contributed by atoms with Gasteiger partial charge in [-0.15, -0.1) is 0 Å². The highest BCUT2D eigenvalue weighted by molar-refractivity contribution is 9.10. The Hall–Kier alpha value is -1.87. The van der Waals surface area contributed by atoms with Gasteiger partial charge in [-0.1, -0.05) is 64.5 Å². The summed E-state index contributed by atoms with van der Waals surface area (Å²) in [5, 5.41) is 1.01. The number of hydrogen-bond donors (Lipinski definition) is 0. The molecule has 106 valence electrons. The molecule has 1 heterocycles. The molecule has 2 nitrogen and oxygen atoms in total. The van der Waals surface area contributed by atoms with E-state index in [2.05, 4.69) is 26.6 Å². The van der Waals surface area contributed by atoms with Gasteiger partial charge >= 0.3 is 0 Å². The molecule has 0 spiro atoms. The molecule has 0 amide bonds. The lowest BCUT2D eigenvalue weighted by atomic mass is 10.0. The number of carbonyl (C=O) groups excluding carboxylic acids is 1. The molecule has 0 saturated heterocycles. The molecule has 0 radical (unpaired) electrons. The quantitative estimate of drug-likeness (QED) is 0.494.